The molecule has 15 heavy (non-hydrogen) atoms. The van der Waals surface area contributed by atoms with Gasteiger partial charge in [-0.05, 0) is 24.1 Å². The van der Waals surface area contributed by atoms with Gasteiger partial charge in [0, 0.05) is 13.0 Å². The minimum absolute atomic E-state index is 0.374. The number of methoxy groups -OCH3 is 1. The first-order chi connectivity index (χ1) is 7.15. The summed E-state index contributed by atoms with van der Waals surface area (Å²) in [6, 6.07) is 5.79. The highest BCUT2D eigenvalue weighted by Gasteiger charge is 2.34. The average Bonchev–Trinajstić information content (AvgIpc) is 2.67. The minimum atomic E-state index is -0.832. The number of aliphatic hydroxyl groups is 1. The first kappa shape index (κ1) is 10.5. The zero-order chi connectivity index (χ0) is 10.9. The van der Waals surface area contributed by atoms with E-state index in [2.05, 4.69) is 0 Å². The Kier molecular flexibility index (Phi) is 2.67. The second-order valence-corrected chi connectivity index (χ2v) is 4.02. The third kappa shape index (κ3) is 1.85. The summed E-state index contributed by atoms with van der Waals surface area (Å²) in [5, 5.41) is 10.3. The standard InChI is InChI=1S/C12H16O3/c1-9-3-4-10(7-11(9)14-2)12(13)5-6-15-8-12/h3-4,7,13H,5-6,8H2,1-2H3. The average molecular weight is 208 g/mol. The second-order valence-electron chi connectivity index (χ2n) is 4.02. The fraction of sp³-hybridized carbons (Fsp3) is 0.500. The fourth-order valence-electron chi connectivity index (χ4n) is 1.89. The Morgan fingerprint density at radius 2 is 2.27 bits per heavy atom. The van der Waals surface area contributed by atoms with Crippen LogP contribution in [0.1, 0.15) is 17.5 Å². The van der Waals surface area contributed by atoms with Crippen LogP contribution >= 0.6 is 0 Å². The van der Waals surface area contributed by atoms with Crippen molar-refractivity contribution < 1.29 is 14.6 Å². The number of ether oxygens (including phenoxy) is 2. The quantitative estimate of drug-likeness (QED) is 0.802. The molecule has 2 rings (SSSR count). The predicted molar refractivity (Wildman–Crippen MR) is 57.1 cm³/mol. The van der Waals surface area contributed by atoms with Gasteiger partial charge in [-0.15, -0.1) is 0 Å². The molecular weight excluding hydrogens is 192 g/mol. The predicted octanol–water partition coefficient (Wildman–Crippen LogP) is 1.61. The van der Waals surface area contributed by atoms with E-state index in [1.54, 1.807) is 7.11 Å². The number of rotatable bonds is 2. The summed E-state index contributed by atoms with van der Waals surface area (Å²) in [5.41, 5.74) is 1.12. The van der Waals surface area contributed by atoms with Crippen molar-refractivity contribution >= 4 is 0 Å². The van der Waals surface area contributed by atoms with Gasteiger partial charge in [-0.2, -0.15) is 0 Å². The van der Waals surface area contributed by atoms with E-state index in [0.29, 0.717) is 19.6 Å². The number of hydrogen-bond donors (Lipinski definition) is 1. The van der Waals surface area contributed by atoms with Crippen LogP contribution in [0, 0.1) is 6.92 Å². The van der Waals surface area contributed by atoms with Crippen molar-refractivity contribution in [2.24, 2.45) is 0 Å². The lowest BCUT2D eigenvalue weighted by Gasteiger charge is -2.21. The highest BCUT2D eigenvalue weighted by Crippen LogP contribution is 2.33. The van der Waals surface area contributed by atoms with Gasteiger partial charge >= 0.3 is 0 Å². The normalized spacial score (nSPS) is 25.5. The lowest BCUT2D eigenvalue weighted by Crippen LogP contribution is -2.25. The molecule has 1 aliphatic rings. The topological polar surface area (TPSA) is 38.7 Å². The van der Waals surface area contributed by atoms with Crippen LogP contribution in [0.15, 0.2) is 18.2 Å². The van der Waals surface area contributed by atoms with Crippen molar-refractivity contribution in [3.63, 3.8) is 0 Å². The van der Waals surface area contributed by atoms with Gasteiger partial charge in [0.25, 0.3) is 0 Å². The summed E-state index contributed by atoms with van der Waals surface area (Å²) >= 11 is 0. The molecule has 0 amide bonds. The molecule has 1 aliphatic heterocycles. The number of benzene rings is 1. The van der Waals surface area contributed by atoms with Crippen LogP contribution in [0.3, 0.4) is 0 Å². The molecule has 0 aliphatic carbocycles. The third-order valence-electron chi connectivity index (χ3n) is 2.95. The summed E-state index contributed by atoms with van der Waals surface area (Å²) in [5.74, 6) is 0.813. The Labute approximate surface area is 89.6 Å². The molecule has 3 nitrogen and oxygen atoms in total. The van der Waals surface area contributed by atoms with E-state index in [1.807, 2.05) is 25.1 Å². The highest BCUT2D eigenvalue weighted by atomic mass is 16.5. The zero-order valence-electron chi connectivity index (χ0n) is 9.12. The first-order valence-corrected chi connectivity index (χ1v) is 5.11. The molecule has 0 saturated carbocycles. The number of aryl methyl sites for hydroxylation is 1. The van der Waals surface area contributed by atoms with Crippen LogP contribution in [-0.4, -0.2) is 25.4 Å². The van der Waals surface area contributed by atoms with Crippen LogP contribution < -0.4 is 4.74 Å². The van der Waals surface area contributed by atoms with Gasteiger partial charge in [-0.25, -0.2) is 0 Å². The first-order valence-electron chi connectivity index (χ1n) is 5.11. The molecule has 1 aromatic rings. The molecule has 3 heteroatoms. The van der Waals surface area contributed by atoms with Crippen molar-refractivity contribution in [2.45, 2.75) is 18.9 Å². The SMILES string of the molecule is COc1cc(C2(O)CCOC2)ccc1C. The molecule has 1 unspecified atom stereocenters. The van der Waals surface area contributed by atoms with E-state index in [4.69, 9.17) is 9.47 Å². The maximum atomic E-state index is 10.3. The molecule has 1 heterocycles. The maximum Gasteiger partial charge on any atom is 0.122 e. The second kappa shape index (κ2) is 3.83. The van der Waals surface area contributed by atoms with Crippen molar-refractivity contribution in [1.29, 1.82) is 0 Å². The van der Waals surface area contributed by atoms with Crippen molar-refractivity contribution in [3.8, 4) is 5.75 Å². The van der Waals surface area contributed by atoms with Gasteiger partial charge in [-0.3, -0.25) is 0 Å². The smallest absolute Gasteiger partial charge is 0.122 e. The van der Waals surface area contributed by atoms with Crippen LogP contribution in [0.2, 0.25) is 0 Å². The number of hydrogen-bond acceptors (Lipinski definition) is 3. The molecule has 0 spiro atoms. The summed E-state index contributed by atoms with van der Waals surface area (Å²) in [6.07, 6.45) is 0.652. The molecule has 1 aromatic carbocycles. The molecule has 0 radical (unpaired) electrons. The van der Waals surface area contributed by atoms with E-state index in [9.17, 15) is 5.11 Å². The zero-order valence-corrected chi connectivity index (χ0v) is 9.12. The van der Waals surface area contributed by atoms with E-state index in [1.165, 1.54) is 0 Å². The third-order valence-corrected chi connectivity index (χ3v) is 2.95. The van der Waals surface area contributed by atoms with Crippen LogP contribution in [0.4, 0.5) is 0 Å². The van der Waals surface area contributed by atoms with Gasteiger partial charge in [0.05, 0.1) is 13.7 Å². The Morgan fingerprint density at radius 1 is 1.47 bits per heavy atom. The fourth-order valence-corrected chi connectivity index (χ4v) is 1.89. The monoisotopic (exact) mass is 208 g/mol. The molecule has 1 fully saturated rings. The molecule has 0 aromatic heterocycles. The lowest BCUT2D eigenvalue weighted by molar-refractivity contribution is 0.0230. The molecule has 1 N–H and O–H groups in total. The summed E-state index contributed by atoms with van der Waals surface area (Å²) in [4.78, 5) is 0. The van der Waals surface area contributed by atoms with E-state index < -0.39 is 5.60 Å². The van der Waals surface area contributed by atoms with Gasteiger partial charge in [0.15, 0.2) is 0 Å². The molecule has 1 atom stereocenters. The van der Waals surface area contributed by atoms with Crippen LogP contribution in [-0.2, 0) is 10.3 Å². The van der Waals surface area contributed by atoms with Gasteiger partial charge in [-0.1, -0.05) is 12.1 Å². The van der Waals surface area contributed by atoms with E-state index in [0.717, 1.165) is 16.9 Å². The lowest BCUT2D eigenvalue weighted by atomic mass is 9.92. The summed E-state index contributed by atoms with van der Waals surface area (Å²) < 4.78 is 10.5. The van der Waals surface area contributed by atoms with Gasteiger partial charge in [0.2, 0.25) is 0 Å². The molecule has 0 bridgehead atoms. The summed E-state index contributed by atoms with van der Waals surface area (Å²) in [6.45, 7) is 2.98. The Balaban J connectivity index is 2.36. The molecule has 1 saturated heterocycles. The Morgan fingerprint density at radius 3 is 2.87 bits per heavy atom. The maximum absolute atomic E-state index is 10.3. The van der Waals surface area contributed by atoms with Crippen molar-refractivity contribution in [1.82, 2.24) is 0 Å². The van der Waals surface area contributed by atoms with E-state index >= 15 is 0 Å². The van der Waals surface area contributed by atoms with Crippen LogP contribution in [0.5, 0.6) is 5.75 Å². The largest absolute Gasteiger partial charge is 0.496 e. The summed E-state index contributed by atoms with van der Waals surface area (Å²) in [7, 11) is 1.64. The van der Waals surface area contributed by atoms with Crippen molar-refractivity contribution in [2.75, 3.05) is 20.3 Å². The Hall–Kier alpha value is -1.06. The van der Waals surface area contributed by atoms with Crippen molar-refractivity contribution in [3.05, 3.63) is 29.3 Å². The highest BCUT2D eigenvalue weighted by molar-refractivity contribution is 5.39. The molecule has 82 valence electrons. The van der Waals surface area contributed by atoms with Gasteiger partial charge in [0.1, 0.15) is 11.4 Å². The van der Waals surface area contributed by atoms with E-state index in [-0.39, 0.29) is 0 Å². The van der Waals surface area contributed by atoms with Gasteiger partial charge < -0.3 is 14.6 Å². The van der Waals surface area contributed by atoms with Crippen LogP contribution in [0.25, 0.3) is 0 Å². The minimum Gasteiger partial charge on any atom is -0.496 e. The Bertz CT molecular complexity index is 354. The molecular formula is C12H16O3.